The zero-order chi connectivity index (χ0) is 31.4. The normalized spacial score (nSPS) is 30.6. The summed E-state index contributed by atoms with van der Waals surface area (Å²) in [5.41, 5.74) is 0. The minimum atomic E-state index is 0.674. The maximum Gasteiger partial charge on any atom is 0.00694 e. The highest BCUT2D eigenvalue weighted by Gasteiger charge is 2.43. The van der Waals surface area contributed by atoms with Gasteiger partial charge in [0.15, 0.2) is 0 Å². The second kappa shape index (κ2) is 19.5. The molecule has 0 aromatic heterocycles. The second-order valence-electron chi connectivity index (χ2n) is 16.6. The number of hydrogen-bond donors (Lipinski definition) is 2. The standard InChI is InChI=1S/C10H19N.C8H17N.2C7H15N.C6H11N/c1-8(2)11-6-9-4-3-5-10(9)7-11;1-7(2)9-8-5-3-4-6-8;1-7(2)8-5-3-4-6-8;1-6(2)8-7-4-3-5-7;1-7-3-5-2-6(5)4-7/h8-10H,3-7H2,1-2H3;7-9H,3-6H2,1-2H3;7H,3-6H2,1-2H3;6-8H,3-5H2,1-2H3;5-6H,2-4H2,1H3. The van der Waals surface area contributed by atoms with Gasteiger partial charge in [-0.3, -0.25) is 0 Å². The zero-order valence-electron chi connectivity index (χ0n) is 30.6. The van der Waals surface area contributed by atoms with Crippen molar-refractivity contribution in [3.05, 3.63) is 0 Å². The molecular formula is C38H77N5. The van der Waals surface area contributed by atoms with Crippen LogP contribution in [0.5, 0.6) is 0 Å². The van der Waals surface area contributed by atoms with Crippen LogP contribution in [0.15, 0.2) is 0 Å². The lowest BCUT2D eigenvalue weighted by Crippen LogP contribution is -2.39. The molecule has 4 aliphatic carbocycles. The smallest absolute Gasteiger partial charge is 0.00694 e. The van der Waals surface area contributed by atoms with E-state index in [0.29, 0.717) is 12.1 Å². The molecule has 0 radical (unpaired) electrons. The van der Waals surface area contributed by atoms with E-state index in [1.165, 1.54) is 123 Å². The van der Waals surface area contributed by atoms with Crippen LogP contribution in [0.2, 0.25) is 0 Å². The maximum absolute atomic E-state index is 3.54. The van der Waals surface area contributed by atoms with E-state index < -0.39 is 0 Å². The van der Waals surface area contributed by atoms with Crippen molar-refractivity contribution in [2.24, 2.45) is 23.7 Å². The lowest BCUT2D eigenvalue weighted by molar-refractivity contribution is 0.254. The number of piperidine rings is 1. The van der Waals surface area contributed by atoms with E-state index in [0.717, 1.165) is 47.8 Å². The van der Waals surface area contributed by atoms with Crippen molar-refractivity contribution >= 4 is 0 Å². The van der Waals surface area contributed by atoms with E-state index in [1.54, 1.807) is 0 Å². The van der Waals surface area contributed by atoms with Crippen molar-refractivity contribution in [2.75, 3.05) is 46.3 Å². The van der Waals surface area contributed by atoms with Gasteiger partial charge in [-0.05, 0) is 129 Å². The van der Waals surface area contributed by atoms with E-state index in [2.05, 4.69) is 87.8 Å². The Morgan fingerprint density at radius 1 is 0.465 bits per heavy atom. The number of hydrogen-bond acceptors (Lipinski definition) is 5. The molecule has 4 atom stereocenters. The summed E-state index contributed by atoms with van der Waals surface area (Å²) < 4.78 is 0. The molecule has 0 bridgehead atoms. The van der Waals surface area contributed by atoms with Crippen molar-refractivity contribution in [3.8, 4) is 0 Å². The van der Waals surface area contributed by atoms with Gasteiger partial charge in [-0.25, -0.2) is 0 Å². The molecule has 0 aromatic carbocycles. The van der Waals surface area contributed by atoms with Gasteiger partial charge in [-0.2, -0.15) is 0 Å². The van der Waals surface area contributed by atoms with Crippen LogP contribution in [0.3, 0.4) is 0 Å². The number of rotatable bonds is 6. The van der Waals surface area contributed by atoms with Crippen molar-refractivity contribution < 1.29 is 0 Å². The Bertz CT molecular complexity index is 685. The zero-order valence-corrected chi connectivity index (χ0v) is 30.6. The fourth-order valence-electron chi connectivity index (χ4n) is 8.19. The highest BCUT2D eigenvalue weighted by Crippen LogP contribution is 2.44. The third kappa shape index (κ3) is 14.4. The number of likely N-dealkylation sites (tertiary alicyclic amines) is 3. The summed E-state index contributed by atoms with van der Waals surface area (Å²) in [5.74, 6) is 4.37. The molecule has 0 amide bonds. The van der Waals surface area contributed by atoms with Crippen molar-refractivity contribution in [1.82, 2.24) is 25.3 Å². The first kappa shape index (κ1) is 37.3. The van der Waals surface area contributed by atoms with E-state index in [4.69, 9.17) is 0 Å². The lowest BCUT2D eigenvalue weighted by atomic mass is 9.93. The summed E-state index contributed by atoms with van der Waals surface area (Å²) in [4.78, 5) is 7.60. The average Bonchev–Trinajstić information content (AvgIpc) is 3.58. The van der Waals surface area contributed by atoms with Crippen molar-refractivity contribution in [3.63, 3.8) is 0 Å². The van der Waals surface area contributed by atoms with Crippen LogP contribution in [-0.4, -0.2) is 97.3 Å². The maximum atomic E-state index is 3.54. The van der Waals surface area contributed by atoms with Gasteiger partial charge < -0.3 is 25.3 Å². The summed E-state index contributed by atoms with van der Waals surface area (Å²) in [6.45, 7) is 26.2. The molecule has 7 fully saturated rings. The average molecular weight is 604 g/mol. The number of nitrogens with zero attached hydrogens (tertiary/aromatic N) is 3. The predicted molar refractivity (Wildman–Crippen MR) is 189 cm³/mol. The monoisotopic (exact) mass is 604 g/mol. The third-order valence-corrected chi connectivity index (χ3v) is 11.1. The third-order valence-electron chi connectivity index (χ3n) is 11.1. The van der Waals surface area contributed by atoms with Crippen LogP contribution in [0.1, 0.15) is 139 Å². The predicted octanol–water partition coefficient (Wildman–Crippen LogP) is 7.65. The molecule has 4 saturated carbocycles. The van der Waals surface area contributed by atoms with Gasteiger partial charge in [-0.15, -0.1) is 0 Å². The fourth-order valence-corrected chi connectivity index (χ4v) is 8.19. The van der Waals surface area contributed by atoms with Gasteiger partial charge >= 0.3 is 0 Å². The van der Waals surface area contributed by atoms with Gasteiger partial charge in [0, 0.05) is 62.4 Å². The molecule has 0 aromatic rings. The molecule has 43 heavy (non-hydrogen) atoms. The molecule has 3 aliphatic heterocycles. The fraction of sp³-hybridized carbons (Fsp3) is 1.00. The van der Waals surface area contributed by atoms with Crippen LogP contribution in [0, 0.1) is 23.7 Å². The van der Waals surface area contributed by atoms with Gasteiger partial charge in [-0.1, -0.05) is 53.4 Å². The molecular weight excluding hydrogens is 526 g/mol. The van der Waals surface area contributed by atoms with E-state index in [1.807, 2.05) is 0 Å². The van der Waals surface area contributed by atoms with Gasteiger partial charge in [0.1, 0.15) is 0 Å². The minimum absolute atomic E-state index is 0.674. The molecule has 5 nitrogen and oxygen atoms in total. The highest BCUT2D eigenvalue weighted by atomic mass is 15.2. The quantitative estimate of drug-likeness (QED) is 0.326. The Hall–Kier alpha value is -0.200. The Balaban J connectivity index is 0.000000148. The van der Waals surface area contributed by atoms with Crippen LogP contribution < -0.4 is 10.6 Å². The molecule has 5 heteroatoms. The summed E-state index contributed by atoms with van der Waals surface area (Å²) >= 11 is 0. The molecule has 3 heterocycles. The SMILES string of the molecule is CC(C)N1CC2CCCC2C1.CC(C)N1CCCC1.CC(C)NC1CCC1.CC(C)NC1CCCC1.CN1CC2CC2C1. The summed E-state index contributed by atoms with van der Waals surface area (Å²) in [6.07, 6.45) is 18.8. The Labute approximate surface area is 270 Å². The Morgan fingerprint density at radius 2 is 0.884 bits per heavy atom. The van der Waals surface area contributed by atoms with E-state index in [-0.39, 0.29) is 0 Å². The number of fused-ring (bicyclic) bond motifs is 2. The van der Waals surface area contributed by atoms with Crippen LogP contribution in [0.4, 0.5) is 0 Å². The summed E-state index contributed by atoms with van der Waals surface area (Å²) in [7, 11) is 2.21. The molecule has 0 spiro atoms. The number of nitrogens with one attached hydrogen (secondary N) is 2. The molecule has 7 aliphatic rings. The molecule has 2 N–H and O–H groups in total. The van der Waals surface area contributed by atoms with Crippen LogP contribution in [0.25, 0.3) is 0 Å². The molecule has 3 saturated heterocycles. The molecule has 254 valence electrons. The van der Waals surface area contributed by atoms with E-state index in [9.17, 15) is 0 Å². The highest BCUT2D eigenvalue weighted by molar-refractivity contribution is 4.95. The minimum Gasteiger partial charge on any atom is -0.312 e. The molecule has 4 unspecified atom stereocenters. The largest absolute Gasteiger partial charge is 0.312 e. The first-order chi connectivity index (χ1) is 20.5. The first-order valence-corrected chi connectivity index (χ1v) is 19.2. The second-order valence-corrected chi connectivity index (χ2v) is 16.6. The van der Waals surface area contributed by atoms with Crippen molar-refractivity contribution in [1.29, 1.82) is 0 Å². The van der Waals surface area contributed by atoms with Gasteiger partial charge in [0.05, 0.1) is 0 Å². The van der Waals surface area contributed by atoms with Crippen molar-refractivity contribution in [2.45, 2.75) is 175 Å². The summed E-state index contributed by atoms with van der Waals surface area (Å²) in [5, 5.41) is 7.02. The first-order valence-electron chi connectivity index (χ1n) is 19.2. The molecule has 7 rings (SSSR count). The van der Waals surface area contributed by atoms with Gasteiger partial charge in [0.2, 0.25) is 0 Å². The van der Waals surface area contributed by atoms with Crippen LogP contribution in [-0.2, 0) is 0 Å². The van der Waals surface area contributed by atoms with Crippen LogP contribution >= 0.6 is 0 Å². The Kier molecular flexibility index (Phi) is 16.9. The lowest BCUT2D eigenvalue weighted by Gasteiger charge is -2.28. The Morgan fingerprint density at radius 3 is 1.19 bits per heavy atom. The topological polar surface area (TPSA) is 33.8 Å². The van der Waals surface area contributed by atoms with Gasteiger partial charge in [0.25, 0.3) is 0 Å². The summed E-state index contributed by atoms with van der Waals surface area (Å²) in [6, 6.07) is 4.60. The van der Waals surface area contributed by atoms with E-state index >= 15 is 0 Å².